The number of aliphatic imine (C=N–C) groups is 1. The summed E-state index contributed by atoms with van der Waals surface area (Å²) in [6.45, 7) is 13.7. The largest absolute Gasteiger partial charge is 0.416 e. The molecule has 1 N–H and O–H groups in total. The molecule has 1 heterocycles. The molecule has 0 atom stereocenters. The quantitative estimate of drug-likeness (QED) is 0.215. The fourth-order valence-electron chi connectivity index (χ4n) is 2.78. The number of nitrogens with zero attached hydrogens (tertiary/aromatic N) is 3. The van der Waals surface area contributed by atoms with Gasteiger partial charge >= 0.3 is 6.18 Å². The van der Waals surface area contributed by atoms with E-state index in [-0.39, 0.29) is 11.1 Å². The van der Waals surface area contributed by atoms with Gasteiger partial charge in [-0.1, -0.05) is 46.2 Å². The van der Waals surface area contributed by atoms with Crippen molar-refractivity contribution in [2.24, 2.45) is 4.99 Å². The average Bonchev–Trinajstić information content (AvgIpc) is 2.80. The van der Waals surface area contributed by atoms with Gasteiger partial charge in [-0.2, -0.15) is 18.2 Å². The van der Waals surface area contributed by atoms with Gasteiger partial charge in [0, 0.05) is 11.8 Å². The molecule has 0 unspecified atom stereocenters. The molecule has 0 amide bonds. The zero-order chi connectivity index (χ0) is 26.9. The van der Waals surface area contributed by atoms with Crippen LogP contribution in [0.2, 0.25) is 5.28 Å². The molecule has 2 aromatic rings. The predicted octanol–water partition coefficient (Wildman–Crippen LogP) is 7.41. The topological polar surface area (TPSA) is 67.2 Å². The van der Waals surface area contributed by atoms with Crippen LogP contribution < -0.4 is 5.32 Å². The van der Waals surface area contributed by atoms with E-state index in [0.717, 1.165) is 23.4 Å². The minimum absolute atomic E-state index is 0.0789. The van der Waals surface area contributed by atoms with Crippen LogP contribution in [0.3, 0.4) is 0 Å². The molecule has 0 spiro atoms. The zero-order valence-corrected chi connectivity index (χ0v) is 22.4. The maximum Gasteiger partial charge on any atom is 0.416 e. The van der Waals surface area contributed by atoms with Gasteiger partial charge in [0.05, 0.1) is 11.3 Å². The maximum atomic E-state index is 12.7. The highest BCUT2D eigenvalue weighted by atomic mass is 35.5. The maximum absolute atomic E-state index is 12.7. The summed E-state index contributed by atoms with van der Waals surface area (Å²) < 4.78 is 38.2. The number of hydrogen-bond donors (Lipinski definition) is 1. The van der Waals surface area contributed by atoms with Crippen molar-refractivity contribution in [1.82, 2.24) is 15.3 Å². The lowest BCUT2D eigenvalue weighted by Gasteiger charge is -2.08. The number of aromatic nitrogens is 2. The van der Waals surface area contributed by atoms with Crippen LogP contribution in [0, 0.1) is 0 Å². The fraction of sp³-hybridized carbons (Fsp3) is 0.538. The van der Waals surface area contributed by atoms with Crippen molar-refractivity contribution in [3.8, 4) is 0 Å². The first-order valence-electron chi connectivity index (χ1n) is 11.9. The van der Waals surface area contributed by atoms with E-state index in [1.54, 1.807) is 6.07 Å². The third-order valence-corrected chi connectivity index (χ3v) is 4.58. The number of alkyl halides is 3. The summed E-state index contributed by atoms with van der Waals surface area (Å²) in [5, 5.41) is 3.41. The number of Topliss-reactive ketones (excluding diaryl/α,β-unsaturated/α-hetero) is 1. The van der Waals surface area contributed by atoms with Crippen LogP contribution in [0.1, 0.15) is 83.2 Å². The lowest BCUT2D eigenvalue weighted by atomic mass is 10.1. The number of nitrogens with one attached hydrogen (secondary N) is 1. The summed E-state index contributed by atoms with van der Waals surface area (Å²) in [5.74, 6) is 0.557. The molecule has 196 valence electrons. The zero-order valence-electron chi connectivity index (χ0n) is 21.6. The van der Waals surface area contributed by atoms with E-state index in [0.29, 0.717) is 24.2 Å². The van der Waals surface area contributed by atoms with Gasteiger partial charge in [-0.05, 0) is 81.9 Å². The van der Waals surface area contributed by atoms with Gasteiger partial charge in [0.25, 0.3) is 0 Å². The van der Waals surface area contributed by atoms with Gasteiger partial charge in [-0.3, -0.25) is 0 Å². The molecule has 9 heteroatoms. The van der Waals surface area contributed by atoms with Crippen LogP contribution in [-0.2, 0) is 23.8 Å². The smallest absolute Gasteiger partial charge is 0.317 e. The molecule has 0 fully saturated rings. The SMILES string of the molecule is CC(C)=O.CCCCNCCC.CCc1nc(Cl)nc(N=Cc2cccc(C(F)(F)F)c2)c1CC. The summed E-state index contributed by atoms with van der Waals surface area (Å²) in [6.07, 6.45) is 2.19. The third-order valence-electron chi connectivity index (χ3n) is 4.42. The Morgan fingerprint density at radius 3 is 2.23 bits per heavy atom. The fourth-order valence-corrected chi connectivity index (χ4v) is 2.97. The van der Waals surface area contributed by atoms with E-state index in [9.17, 15) is 18.0 Å². The molecule has 5 nitrogen and oxygen atoms in total. The summed E-state index contributed by atoms with van der Waals surface area (Å²) in [5.41, 5.74) is 1.27. The molecular weight excluding hydrogens is 477 g/mol. The predicted molar refractivity (Wildman–Crippen MR) is 139 cm³/mol. The Kier molecular flexibility index (Phi) is 16.8. The van der Waals surface area contributed by atoms with Crippen LogP contribution >= 0.6 is 11.6 Å². The van der Waals surface area contributed by atoms with Gasteiger partial charge in [-0.25, -0.2) is 9.98 Å². The normalized spacial score (nSPS) is 10.9. The third kappa shape index (κ3) is 14.6. The van der Waals surface area contributed by atoms with Crippen LogP contribution in [0.5, 0.6) is 0 Å². The number of rotatable bonds is 9. The number of carbonyl (C=O) groups is 1. The van der Waals surface area contributed by atoms with Crippen molar-refractivity contribution >= 4 is 29.4 Å². The Hall–Kier alpha value is -2.32. The number of unbranched alkanes of at least 4 members (excludes halogenated alkanes) is 1. The second-order valence-electron chi connectivity index (χ2n) is 7.84. The molecule has 1 aromatic heterocycles. The van der Waals surface area contributed by atoms with Crippen molar-refractivity contribution in [3.63, 3.8) is 0 Å². The Labute approximate surface area is 212 Å². The van der Waals surface area contributed by atoms with Gasteiger partial charge < -0.3 is 10.1 Å². The molecule has 0 saturated heterocycles. The van der Waals surface area contributed by atoms with Crippen molar-refractivity contribution < 1.29 is 18.0 Å². The lowest BCUT2D eigenvalue weighted by molar-refractivity contribution is -0.137. The van der Waals surface area contributed by atoms with E-state index in [1.165, 1.54) is 58.5 Å². The summed E-state index contributed by atoms with van der Waals surface area (Å²) in [7, 11) is 0. The average molecular weight is 515 g/mol. The van der Waals surface area contributed by atoms with E-state index in [1.807, 2.05) is 13.8 Å². The standard InChI is InChI=1S/C16H15ClF3N3.C7H17N.C3H6O/c1-3-12-13(4-2)22-15(17)23-14(12)21-9-10-6-5-7-11(8-10)16(18,19)20;1-3-5-7-8-6-4-2;1-3(2)4/h5-9H,3-4H2,1-2H3;8H,3-7H2,1-2H3;1-2H3. The molecule has 2 rings (SSSR count). The number of halogens is 4. The van der Waals surface area contributed by atoms with E-state index in [2.05, 4.69) is 34.1 Å². The minimum atomic E-state index is -4.38. The number of hydrogen-bond acceptors (Lipinski definition) is 5. The number of carbonyl (C=O) groups excluding carboxylic acids is 1. The van der Waals surface area contributed by atoms with Gasteiger partial charge in [0.15, 0.2) is 5.82 Å². The van der Waals surface area contributed by atoms with Gasteiger partial charge in [0.2, 0.25) is 5.28 Å². The highest BCUT2D eigenvalue weighted by Gasteiger charge is 2.30. The number of benzene rings is 1. The number of aryl methyl sites for hydroxylation is 1. The Bertz CT molecular complexity index is 908. The Morgan fingerprint density at radius 2 is 1.71 bits per heavy atom. The molecule has 0 radical (unpaired) electrons. The second-order valence-corrected chi connectivity index (χ2v) is 8.18. The molecule has 0 saturated carbocycles. The van der Waals surface area contributed by atoms with Crippen LogP contribution in [0.25, 0.3) is 0 Å². The van der Waals surface area contributed by atoms with Crippen molar-refractivity contribution in [3.05, 3.63) is 51.9 Å². The first kappa shape index (κ1) is 32.7. The summed E-state index contributed by atoms with van der Waals surface area (Å²) in [4.78, 5) is 21.9. The van der Waals surface area contributed by atoms with Crippen molar-refractivity contribution in [2.45, 2.75) is 79.8 Å². The number of ketones is 1. The van der Waals surface area contributed by atoms with Gasteiger partial charge in [-0.15, -0.1) is 0 Å². The molecule has 35 heavy (non-hydrogen) atoms. The monoisotopic (exact) mass is 514 g/mol. The van der Waals surface area contributed by atoms with E-state index < -0.39 is 11.7 Å². The molecule has 0 bridgehead atoms. The lowest BCUT2D eigenvalue weighted by Crippen LogP contribution is -2.15. The van der Waals surface area contributed by atoms with E-state index in [4.69, 9.17) is 11.6 Å². The second kappa shape index (κ2) is 18.0. The molecule has 1 aromatic carbocycles. The molecule has 0 aliphatic heterocycles. The van der Waals surface area contributed by atoms with Gasteiger partial charge in [0.1, 0.15) is 5.78 Å². The summed E-state index contributed by atoms with van der Waals surface area (Å²) >= 11 is 5.88. The van der Waals surface area contributed by atoms with Crippen LogP contribution in [0.15, 0.2) is 29.3 Å². The van der Waals surface area contributed by atoms with Crippen LogP contribution in [-0.4, -0.2) is 35.1 Å². The van der Waals surface area contributed by atoms with Crippen molar-refractivity contribution in [1.29, 1.82) is 0 Å². The summed E-state index contributed by atoms with van der Waals surface area (Å²) in [6, 6.07) is 4.95. The molecular formula is C26H38ClF3N4O. The minimum Gasteiger partial charge on any atom is -0.317 e. The van der Waals surface area contributed by atoms with Crippen molar-refractivity contribution in [2.75, 3.05) is 13.1 Å². The highest BCUT2D eigenvalue weighted by Crippen LogP contribution is 2.29. The first-order valence-corrected chi connectivity index (χ1v) is 12.3. The van der Waals surface area contributed by atoms with E-state index >= 15 is 0 Å². The Balaban J connectivity index is 0.000000801. The molecule has 0 aliphatic carbocycles. The highest BCUT2D eigenvalue weighted by molar-refractivity contribution is 6.28. The molecule has 0 aliphatic rings. The Morgan fingerprint density at radius 1 is 1.06 bits per heavy atom. The first-order chi connectivity index (χ1) is 16.5. The van der Waals surface area contributed by atoms with Crippen LogP contribution in [0.4, 0.5) is 19.0 Å².